The van der Waals surface area contributed by atoms with E-state index in [2.05, 4.69) is 15.5 Å². The zero-order valence-corrected chi connectivity index (χ0v) is 21.2. The van der Waals surface area contributed by atoms with E-state index in [4.69, 9.17) is 19.8 Å². The number of urea groups is 1. The van der Waals surface area contributed by atoms with Crippen LogP contribution in [0.25, 0.3) is 22.4 Å². The number of morpholine rings is 1. The van der Waals surface area contributed by atoms with Gasteiger partial charge in [0.25, 0.3) is 0 Å². The third-order valence-electron chi connectivity index (χ3n) is 6.80. The van der Waals surface area contributed by atoms with Crippen molar-refractivity contribution in [1.82, 2.24) is 30.0 Å². The molecule has 194 valence electrons. The first-order chi connectivity index (χ1) is 18.1. The van der Waals surface area contributed by atoms with Gasteiger partial charge in [-0.25, -0.2) is 19.4 Å². The van der Waals surface area contributed by atoms with Crippen LogP contribution >= 0.6 is 0 Å². The van der Waals surface area contributed by atoms with Crippen LogP contribution in [0.15, 0.2) is 42.6 Å². The lowest BCUT2D eigenvalue weighted by atomic mass is 10.1. The maximum Gasteiger partial charge on any atom is 0.318 e. The summed E-state index contributed by atoms with van der Waals surface area (Å²) in [6.45, 7) is 6.01. The number of piperidine rings is 1. The van der Waals surface area contributed by atoms with Gasteiger partial charge in [-0.15, -0.1) is 0 Å². The van der Waals surface area contributed by atoms with E-state index < -0.39 is 0 Å². The number of likely N-dealkylation sites (tertiary alicyclic amines) is 1. The smallest absolute Gasteiger partial charge is 0.318 e. The molecule has 2 aliphatic heterocycles. The highest BCUT2D eigenvalue weighted by atomic mass is 16.5. The standard InChI is InChI=1S/C26H32N8O3/c1-3-4-22(35)32-11-9-20(10-12-32)34-25-21(17-28-34)24(33-13-15-37-16-14-33)30-23(31-25)18-5-7-19(8-6-18)29-26(36)27-2/h3-8,17,20H,9-16H2,1-2H3,(H2,27,29,36). The molecular weight excluding hydrogens is 472 g/mol. The number of anilines is 2. The van der Waals surface area contributed by atoms with Gasteiger partial charge in [0.05, 0.1) is 30.8 Å². The fourth-order valence-corrected chi connectivity index (χ4v) is 4.80. The van der Waals surface area contributed by atoms with Crippen LogP contribution in [0.1, 0.15) is 25.8 Å². The lowest BCUT2D eigenvalue weighted by molar-refractivity contribution is -0.127. The second-order valence-corrected chi connectivity index (χ2v) is 9.13. The Morgan fingerprint density at radius 3 is 2.46 bits per heavy atom. The fourth-order valence-electron chi connectivity index (χ4n) is 4.80. The molecule has 2 aliphatic rings. The van der Waals surface area contributed by atoms with E-state index in [9.17, 15) is 9.59 Å². The van der Waals surface area contributed by atoms with Crippen LogP contribution in [0.5, 0.6) is 0 Å². The van der Waals surface area contributed by atoms with Crippen molar-refractivity contribution in [3.8, 4) is 11.4 Å². The van der Waals surface area contributed by atoms with Gasteiger partial charge in [-0.3, -0.25) is 4.79 Å². The van der Waals surface area contributed by atoms with Gasteiger partial charge < -0.3 is 25.2 Å². The molecule has 2 N–H and O–H groups in total. The Morgan fingerprint density at radius 1 is 1.05 bits per heavy atom. The molecule has 0 aliphatic carbocycles. The van der Waals surface area contributed by atoms with Crippen LogP contribution in [-0.2, 0) is 9.53 Å². The molecule has 0 saturated carbocycles. The number of rotatable bonds is 5. The lowest BCUT2D eigenvalue weighted by Gasteiger charge is -2.32. The maximum atomic E-state index is 12.3. The zero-order valence-electron chi connectivity index (χ0n) is 21.2. The molecule has 1 aromatic carbocycles. The Labute approximate surface area is 215 Å². The molecule has 37 heavy (non-hydrogen) atoms. The summed E-state index contributed by atoms with van der Waals surface area (Å²) in [6, 6.07) is 7.35. The SMILES string of the molecule is CC=CC(=O)N1CCC(n2ncc3c(N4CCOCC4)nc(-c4ccc(NC(=O)NC)cc4)nc32)CC1. The monoisotopic (exact) mass is 504 g/mol. The van der Waals surface area contributed by atoms with E-state index >= 15 is 0 Å². The molecule has 2 aromatic heterocycles. The summed E-state index contributed by atoms with van der Waals surface area (Å²) in [5.74, 6) is 1.51. The number of hydrogen-bond acceptors (Lipinski definition) is 7. The fraction of sp³-hybridized carbons (Fsp3) is 0.423. The van der Waals surface area contributed by atoms with Crippen molar-refractivity contribution in [2.24, 2.45) is 0 Å². The molecule has 11 heteroatoms. The molecule has 0 radical (unpaired) electrons. The molecule has 0 unspecified atom stereocenters. The molecular formula is C26H32N8O3. The van der Waals surface area contributed by atoms with Crippen molar-refractivity contribution in [2.75, 3.05) is 56.7 Å². The summed E-state index contributed by atoms with van der Waals surface area (Å²) >= 11 is 0. The highest BCUT2D eigenvalue weighted by Crippen LogP contribution is 2.32. The van der Waals surface area contributed by atoms with Crippen molar-refractivity contribution in [3.05, 3.63) is 42.6 Å². The Hall–Kier alpha value is -3.99. The predicted molar refractivity (Wildman–Crippen MR) is 142 cm³/mol. The van der Waals surface area contributed by atoms with Crippen molar-refractivity contribution in [1.29, 1.82) is 0 Å². The minimum absolute atomic E-state index is 0.0554. The molecule has 3 aromatic rings. The van der Waals surface area contributed by atoms with Crippen molar-refractivity contribution < 1.29 is 14.3 Å². The molecule has 0 atom stereocenters. The summed E-state index contributed by atoms with van der Waals surface area (Å²) < 4.78 is 7.57. The lowest BCUT2D eigenvalue weighted by Crippen LogP contribution is -2.38. The number of amides is 3. The number of carbonyl (C=O) groups is 2. The Morgan fingerprint density at radius 2 is 1.78 bits per heavy atom. The van der Waals surface area contributed by atoms with Gasteiger partial charge in [0.15, 0.2) is 11.5 Å². The van der Waals surface area contributed by atoms with Gasteiger partial charge in [-0.2, -0.15) is 5.10 Å². The van der Waals surface area contributed by atoms with Crippen LogP contribution in [0.2, 0.25) is 0 Å². The summed E-state index contributed by atoms with van der Waals surface area (Å²) in [5.41, 5.74) is 2.32. The van der Waals surface area contributed by atoms with Gasteiger partial charge in [0.1, 0.15) is 5.82 Å². The van der Waals surface area contributed by atoms with E-state index in [0.29, 0.717) is 37.8 Å². The first-order valence-corrected chi connectivity index (χ1v) is 12.7. The van der Waals surface area contributed by atoms with E-state index in [1.807, 2.05) is 47.0 Å². The number of allylic oxidation sites excluding steroid dienone is 1. The molecule has 3 amide bonds. The van der Waals surface area contributed by atoms with E-state index in [1.165, 1.54) is 0 Å². The topological polar surface area (TPSA) is 118 Å². The largest absolute Gasteiger partial charge is 0.378 e. The quantitative estimate of drug-likeness (QED) is 0.513. The number of fused-ring (bicyclic) bond motifs is 1. The number of hydrogen-bond donors (Lipinski definition) is 2. The second-order valence-electron chi connectivity index (χ2n) is 9.13. The Bertz CT molecular complexity index is 1290. The van der Waals surface area contributed by atoms with E-state index in [-0.39, 0.29) is 18.0 Å². The molecule has 0 bridgehead atoms. The second kappa shape index (κ2) is 11.0. The normalized spacial score (nSPS) is 16.9. The van der Waals surface area contributed by atoms with Gasteiger partial charge in [-0.1, -0.05) is 6.08 Å². The average Bonchev–Trinajstić information content (AvgIpc) is 3.37. The number of ether oxygens (including phenoxy) is 1. The van der Waals surface area contributed by atoms with Crippen molar-refractivity contribution in [3.63, 3.8) is 0 Å². The molecule has 5 rings (SSSR count). The highest BCUT2D eigenvalue weighted by molar-refractivity contribution is 5.90. The van der Waals surface area contributed by atoms with E-state index in [0.717, 1.165) is 48.3 Å². The number of nitrogens with one attached hydrogen (secondary N) is 2. The first-order valence-electron chi connectivity index (χ1n) is 12.7. The third kappa shape index (κ3) is 5.26. The number of nitrogens with zero attached hydrogens (tertiary/aromatic N) is 6. The molecule has 0 spiro atoms. The first kappa shape index (κ1) is 24.7. The Kier molecular flexibility index (Phi) is 7.31. The third-order valence-corrected chi connectivity index (χ3v) is 6.80. The van der Waals surface area contributed by atoms with Crippen LogP contribution < -0.4 is 15.5 Å². The highest BCUT2D eigenvalue weighted by Gasteiger charge is 2.27. The molecule has 2 fully saturated rings. The summed E-state index contributed by atoms with van der Waals surface area (Å²) in [7, 11) is 1.58. The number of benzene rings is 1. The van der Waals surface area contributed by atoms with Gasteiger partial charge in [0.2, 0.25) is 5.91 Å². The molecule has 11 nitrogen and oxygen atoms in total. The van der Waals surface area contributed by atoms with Crippen molar-refractivity contribution in [2.45, 2.75) is 25.8 Å². The molecule has 2 saturated heterocycles. The van der Waals surface area contributed by atoms with Gasteiger partial charge >= 0.3 is 6.03 Å². The molecule has 4 heterocycles. The minimum atomic E-state index is -0.276. The summed E-state index contributed by atoms with van der Waals surface area (Å²) in [5, 5.41) is 11.0. The summed E-state index contributed by atoms with van der Waals surface area (Å²) in [4.78, 5) is 38.0. The summed E-state index contributed by atoms with van der Waals surface area (Å²) in [6.07, 6.45) is 6.88. The van der Waals surface area contributed by atoms with Crippen molar-refractivity contribution >= 4 is 34.5 Å². The van der Waals surface area contributed by atoms with Gasteiger partial charge in [0, 0.05) is 44.5 Å². The van der Waals surface area contributed by atoms with Crippen LogP contribution in [0.4, 0.5) is 16.3 Å². The zero-order chi connectivity index (χ0) is 25.8. The number of carbonyl (C=O) groups excluding carboxylic acids is 2. The maximum absolute atomic E-state index is 12.3. The Balaban J connectivity index is 1.48. The predicted octanol–water partition coefficient (Wildman–Crippen LogP) is 2.82. The van der Waals surface area contributed by atoms with Gasteiger partial charge in [-0.05, 0) is 50.1 Å². The average molecular weight is 505 g/mol. The van der Waals surface area contributed by atoms with Crippen LogP contribution in [0, 0.1) is 0 Å². The minimum Gasteiger partial charge on any atom is -0.378 e. The van der Waals surface area contributed by atoms with Crippen LogP contribution in [-0.4, -0.2) is 83.0 Å². The van der Waals surface area contributed by atoms with E-state index in [1.54, 1.807) is 19.2 Å². The number of aromatic nitrogens is 4. The van der Waals surface area contributed by atoms with Crippen LogP contribution in [0.3, 0.4) is 0 Å².